The van der Waals surface area contributed by atoms with Gasteiger partial charge in [0.1, 0.15) is 23.8 Å². The van der Waals surface area contributed by atoms with Crippen LogP contribution in [-0.2, 0) is 4.74 Å². The largest absolute Gasteiger partial charge is 0.384 e. The van der Waals surface area contributed by atoms with Gasteiger partial charge in [-0.25, -0.2) is 9.97 Å². The van der Waals surface area contributed by atoms with Crippen molar-refractivity contribution in [3.05, 3.63) is 54.1 Å². The standard InChI is InChI=1S/C23H26N6O/c1-15(2)16-8-17(10-18(9-16)28-6-4-19(13-28)30-3)20-11-22(25)27-23(21(20)12-24)29-7-5-26-14-29/h5,7-11,14-15,19H,4,6,13H2,1-3H3,(H2,25,27). The Hall–Kier alpha value is -3.37. The number of nitrogens with two attached hydrogens (primary N) is 1. The first-order valence-corrected chi connectivity index (χ1v) is 10.1. The van der Waals surface area contributed by atoms with Gasteiger partial charge in [0.2, 0.25) is 0 Å². The summed E-state index contributed by atoms with van der Waals surface area (Å²) in [6.07, 6.45) is 6.29. The molecule has 3 heterocycles. The van der Waals surface area contributed by atoms with Gasteiger partial charge in [-0.15, -0.1) is 0 Å². The minimum atomic E-state index is 0.246. The van der Waals surface area contributed by atoms with Gasteiger partial charge in [0, 0.05) is 43.8 Å². The van der Waals surface area contributed by atoms with Gasteiger partial charge in [0.15, 0.2) is 5.82 Å². The van der Waals surface area contributed by atoms with E-state index >= 15 is 0 Å². The van der Waals surface area contributed by atoms with Crippen molar-refractivity contribution >= 4 is 11.5 Å². The van der Waals surface area contributed by atoms with Crippen molar-refractivity contribution in [2.24, 2.45) is 0 Å². The number of imidazole rings is 1. The third-order valence-corrected chi connectivity index (χ3v) is 5.64. The lowest BCUT2D eigenvalue weighted by Gasteiger charge is -2.22. The summed E-state index contributed by atoms with van der Waals surface area (Å²) >= 11 is 0. The predicted octanol–water partition coefficient (Wildman–Crippen LogP) is 3.74. The normalized spacial score (nSPS) is 16.2. The van der Waals surface area contributed by atoms with Crippen molar-refractivity contribution in [1.82, 2.24) is 14.5 Å². The lowest BCUT2D eigenvalue weighted by atomic mass is 9.94. The molecular weight excluding hydrogens is 376 g/mol. The van der Waals surface area contributed by atoms with Gasteiger partial charge >= 0.3 is 0 Å². The van der Waals surface area contributed by atoms with Crippen molar-refractivity contribution in [3.63, 3.8) is 0 Å². The summed E-state index contributed by atoms with van der Waals surface area (Å²) in [7, 11) is 1.76. The van der Waals surface area contributed by atoms with Crippen molar-refractivity contribution in [1.29, 1.82) is 5.26 Å². The second-order valence-corrected chi connectivity index (χ2v) is 7.94. The zero-order valence-corrected chi connectivity index (χ0v) is 17.5. The van der Waals surface area contributed by atoms with Crippen LogP contribution in [0.25, 0.3) is 16.9 Å². The van der Waals surface area contributed by atoms with Gasteiger partial charge in [-0.05, 0) is 41.7 Å². The van der Waals surface area contributed by atoms with Gasteiger partial charge in [0.25, 0.3) is 0 Å². The van der Waals surface area contributed by atoms with Gasteiger partial charge in [-0.2, -0.15) is 5.26 Å². The first-order valence-electron chi connectivity index (χ1n) is 10.1. The minimum absolute atomic E-state index is 0.246. The third kappa shape index (κ3) is 3.74. The molecule has 7 nitrogen and oxygen atoms in total. The average Bonchev–Trinajstić information content (AvgIpc) is 3.44. The third-order valence-electron chi connectivity index (χ3n) is 5.64. The lowest BCUT2D eigenvalue weighted by Crippen LogP contribution is -2.22. The van der Waals surface area contributed by atoms with E-state index < -0.39 is 0 Å². The second-order valence-electron chi connectivity index (χ2n) is 7.94. The topological polar surface area (TPSA) is 93.0 Å². The second kappa shape index (κ2) is 8.17. The number of methoxy groups -OCH3 is 1. The summed E-state index contributed by atoms with van der Waals surface area (Å²) in [5.74, 6) is 1.20. The fourth-order valence-electron chi connectivity index (χ4n) is 3.92. The highest BCUT2D eigenvalue weighted by atomic mass is 16.5. The molecule has 0 spiro atoms. The summed E-state index contributed by atoms with van der Waals surface area (Å²) in [5, 5.41) is 9.98. The molecule has 1 atom stereocenters. The highest BCUT2D eigenvalue weighted by molar-refractivity contribution is 5.79. The Bertz CT molecular complexity index is 1080. The molecule has 154 valence electrons. The van der Waals surface area contributed by atoms with Crippen LogP contribution in [0.5, 0.6) is 0 Å². The first kappa shape index (κ1) is 19.9. The number of hydrogen-bond donors (Lipinski definition) is 1. The Morgan fingerprint density at radius 3 is 2.73 bits per heavy atom. The number of rotatable bonds is 5. The lowest BCUT2D eigenvalue weighted by molar-refractivity contribution is 0.121. The van der Waals surface area contributed by atoms with Crippen LogP contribution in [-0.4, -0.2) is 40.8 Å². The van der Waals surface area contributed by atoms with Crippen molar-refractivity contribution in [2.45, 2.75) is 32.3 Å². The van der Waals surface area contributed by atoms with E-state index in [-0.39, 0.29) is 6.10 Å². The molecule has 0 radical (unpaired) electrons. The maximum absolute atomic E-state index is 9.98. The highest BCUT2D eigenvalue weighted by Crippen LogP contribution is 2.35. The van der Waals surface area contributed by atoms with Crippen LogP contribution in [0.1, 0.15) is 37.3 Å². The molecule has 30 heavy (non-hydrogen) atoms. The molecule has 3 aromatic rings. The SMILES string of the molecule is COC1CCN(c2cc(-c3cc(N)nc(-n4ccnc4)c3C#N)cc(C(C)C)c2)C1. The average molecular weight is 403 g/mol. The van der Waals surface area contributed by atoms with E-state index in [1.165, 1.54) is 5.56 Å². The van der Waals surface area contributed by atoms with Crippen LogP contribution in [0, 0.1) is 11.3 Å². The van der Waals surface area contributed by atoms with E-state index in [0.717, 1.165) is 36.3 Å². The molecule has 1 unspecified atom stereocenters. The van der Waals surface area contributed by atoms with E-state index in [9.17, 15) is 5.26 Å². The number of nitriles is 1. The van der Waals surface area contributed by atoms with Gasteiger partial charge in [-0.1, -0.05) is 19.9 Å². The van der Waals surface area contributed by atoms with Crippen LogP contribution in [0.2, 0.25) is 0 Å². The van der Waals surface area contributed by atoms with Crippen LogP contribution in [0.3, 0.4) is 0 Å². The molecule has 4 rings (SSSR count). The van der Waals surface area contributed by atoms with E-state index in [2.05, 4.69) is 53.0 Å². The number of pyridine rings is 1. The molecule has 0 amide bonds. The van der Waals surface area contributed by atoms with Crippen molar-refractivity contribution in [3.8, 4) is 23.0 Å². The Kier molecular flexibility index (Phi) is 5.42. The summed E-state index contributed by atoms with van der Waals surface area (Å²) in [5.41, 5.74) is 10.7. The molecule has 1 saturated heterocycles. The first-order chi connectivity index (χ1) is 14.5. The van der Waals surface area contributed by atoms with Crippen molar-refractivity contribution in [2.75, 3.05) is 30.8 Å². The van der Waals surface area contributed by atoms with Gasteiger partial charge in [0.05, 0.1) is 6.10 Å². The summed E-state index contributed by atoms with van der Waals surface area (Å²) < 4.78 is 7.26. The maximum Gasteiger partial charge on any atom is 0.158 e. The van der Waals surface area contributed by atoms with Gasteiger partial charge in [-0.3, -0.25) is 4.57 Å². The molecule has 7 heteroatoms. The number of ether oxygens (including phenoxy) is 1. The number of aromatic nitrogens is 3. The molecule has 2 N–H and O–H groups in total. The molecule has 1 aliphatic heterocycles. The number of nitrogens with zero attached hydrogens (tertiary/aromatic N) is 5. The van der Waals surface area contributed by atoms with Crippen LogP contribution < -0.4 is 10.6 Å². The fourth-order valence-corrected chi connectivity index (χ4v) is 3.92. The Morgan fingerprint density at radius 1 is 1.27 bits per heavy atom. The molecular formula is C23H26N6O. The predicted molar refractivity (Wildman–Crippen MR) is 118 cm³/mol. The molecule has 1 aliphatic rings. The molecule has 0 bridgehead atoms. The molecule has 1 fully saturated rings. The maximum atomic E-state index is 9.98. The van der Waals surface area contributed by atoms with E-state index in [4.69, 9.17) is 10.5 Å². The van der Waals surface area contributed by atoms with Gasteiger partial charge < -0.3 is 15.4 Å². The summed E-state index contributed by atoms with van der Waals surface area (Å²) in [6, 6.07) is 10.6. The monoisotopic (exact) mass is 402 g/mol. The van der Waals surface area contributed by atoms with Crippen LogP contribution >= 0.6 is 0 Å². The zero-order valence-electron chi connectivity index (χ0n) is 17.5. The summed E-state index contributed by atoms with van der Waals surface area (Å²) in [4.78, 5) is 10.8. The molecule has 2 aromatic heterocycles. The van der Waals surface area contributed by atoms with Crippen LogP contribution in [0.4, 0.5) is 11.5 Å². The van der Waals surface area contributed by atoms with E-state index in [1.54, 1.807) is 36.5 Å². The number of anilines is 2. The number of hydrogen-bond acceptors (Lipinski definition) is 6. The quantitative estimate of drug-likeness (QED) is 0.699. The number of nitrogen functional groups attached to an aromatic ring is 1. The van der Waals surface area contributed by atoms with E-state index in [1.807, 2.05) is 0 Å². The molecule has 0 aliphatic carbocycles. The zero-order chi connectivity index (χ0) is 21.3. The van der Waals surface area contributed by atoms with Crippen LogP contribution in [0.15, 0.2) is 43.0 Å². The minimum Gasteiger partial charge on any atom is -0.384 e. The van der Waals surface area contributed by atoms with Crippen molar-refractivity contribution < 1.29 is 4.74 Å². The summed E-state index contributed by atoms with van der Waals surface area (Å²) in [6.45, 7) is 6.16. The Labute approximate surface area is 176 Å². The Balaban J connectivity index is 1.87. The Morgan fingerprint density at radius 2 is 2.10 bits per heavy atom. The highest BCUT2D eigenvalue weighted by Gasteiger charge is 2.24. The number of benzene rings is 1. The smallest absolute Gasteiger partial charge is 0.158 e. The fraction of sp³-hybridized carbons (Fsp3) is 0.348. The molecule has 1 aromatic carbocycles. The van der Waals surface area contributed by atoms with E-state index in [0.29, 0.717) is 23.1 Å². The molecule has 0 saturated carbocycles.